The minimum atomic E-state index is -0.321. The summed E-state index contributed by atoms with van der Waals surface area (Å²) in [6.07, 6.45) is 0.605. The number of nitrogens with one attached hydrogen (secondary N) is 1. The number of amides is 1. The molecular weight excluding hydrogens is 448 g/mol. The summed E-state index contributed by atoms with van der Waals surface area (Å²) in [5.74, 6) is -0.132. The summed E-state index contributed by atoms with van der Waals surface area (Å²) in [6, 6.07) is 19.1. The summed E-state index contributed by atoms with van der Waals surface area (Å²) in [7, 11) is 1.65. The van der Waals surface area contributed by atoms with Gasteiger partial charge < -0.3 is 15.0 Å². The van der Waals surface area contributed by atoms with Gasteiger partial charge in [-0.05, 0) is 41.8 Å². The Hall–Kier alpha value is -3.45. The maximum Gasteiger partial charge on any atom is 0.225 e. The van der Waals surface area contributed by atoms with Crippen LogP contribution in [0.15, 0.2) is 66.7 Å². The molecule has 0 bridgehead atoms. The maximum atomic E-state index is 14.1. The van der Waals surface area contributed by atoms with Gasteiger partial charge in [-0.25, -0.2) is 8.78 Å². The molecule has 0 aromatic heterocycles. The van der Waals surface area contributed by atoms with Crippen LogP contribution in [-0.4, -0.2) is 43.6 Å². The molecule has 1 fully saturated rings. The third-order valence-corrected chi connectivity index (χ3v) is 7.08. The van der Waals surface area contributed by atoms with E-state index in [9.17, 15) is 13.6 Å². The number of hydrogen-bond donors (Lipinski definition) is 1. The van der Waals surface area contributed by atoms with Crippen molar-refractivity contribution in [1.29, 1.82) is 0 Å². The van der Waals surface area contributed by atoms with Crippen LogP contribution in [0.1, 0.15) is 16.7 Å². The van der Waals surface area contributed by atoms with E-state index in [4.69, 9.17) is 4.74 Å². The average molecular weight is 478 g/mol. The number of hydrogen-bond acceptors (Lipinski definition) is 4. The van der Waals surface area contributed by atoms with Crippen LogP contribution in [0.3, 0.4) is 0 Å². The first-order chi connectivity index (χ1) is 17.0. The molecule has 1 amide bonds. The van der Waals surface area contributed by atoms with Gasteiger partial charge in [-0.1, -0.05) is 36.4 Å². The van der Waals surface area contributed by atoms with E-state index in [0.29, 0.717) is 25.1 Å². The topological polar surface area (TPSA) is 44.8 Å². The van der Waals surface area contributed by atoms with Crippen molar-refractivity contribution in [2.45, 2.75) is 25.6 Å². The fourth-order valence-electron chi connectivity index (χ4n) is 5.21. The van der Waals surface area contributed by atoms with Crippen LogP contribution >= 0.6 is 0 Å². The van der Waals surface area contributed by atoms with E-state index in [1.54, 1.807) is 37.4 Å². The first kappa shape index (κ1) is 23.3. The Balaban J connectivity index is 1.38. The highest BCUT2D eigenvalue weighted by Crippen LogP contribution is 2.38. The molecule has 0 saturated carbocycles. The zero-order valence-corrected chi connectivity index (χ0v) is 19.7. The number of fused-ring (bicyclic) bond motifs is 3. The summed E-state index contributed by atoms with van der Waals surface area (Å²) in [6.45, 7) is 3.14. The normalized spacial score (nSPS) is 19.6. The van der Waals surface area contributed by atoms with Crippen LogP contribution in [0.2, 0.25) is 0 Å². The van der Waals surface area contributed by atoms with E-state index in [2.05, 4.69) is 15.1 Å². The van der Waals surface area contributed by atoms with Gasteiger partial charge in [0.2, 0.25) is 5.91 Å². The molecule has 1 N–H and O–H groups in total. The number of anilines is 1. The average Bonchev–Trinajstić information content (AvgIpc) is 2.88. The van der Waals surface area contributed by atoms with Gasteiger partial charge in [-0.2, -0.15) is 0 Å². The fourth-order valence-corrected chi connectivity index (χ4v) is 5.21. The third-order valence-electron chi connectivity index (χ3n) is 7.08. The number of carbonyl (C=O) groups is 1. The second-order valence-electron chi connectivity index (χ2n) is 9.24. The summed E-state index contributed by atoms with van der Waals surface area (Å²) < 4.78 is 32.9. The minimum absolute atomic E-state index is 0.0376. The van der Waals surface area contributed by atoms with Gasteiger partial charge in [-0.15, -0.1) is 0 Å². The van der Waals surface area contributed by atoms with Gasteiger partial charge in [0.05, 0.1) is 19.1 Å². The van der Waals surface area contributed by atoms with Crippen molar-refractivity contribution in [1.82, 2.24) is 10.2 Å². The van der Waals surface area contributed by atoms with Crippen molar-refractivity contribution < 1.29 is 18.3 Å². The van der Waals surface area contributed by atoms with Crippen molar-refractivity contribution in [3.8, 4) is 5.75 Å². The lowest BCUT2D eigenvalue weighted by atomic mass is 9.83. The Labute approximate surface area is 204 Å². The molecule has 2 heterocycles. The van der Waals surface area contributed by atoms with Gasteiger partial charge in [0, 0.05) is 50.0 Å². The Kier molecular flexibility index (Phi) is 6.68. The minimum Gasteiger partial charge on any atom is -0.497 e. The molecule has 2 aliphatic rings. The van der Waals surface area contributed by atoms with E-state index in [1.807, 2.05) is 18.2 Å². The molecule has 7 heteroatoms. The predicted molar refractivity (Wildman–Crippen MR) is 131 cm³/mol. The van der Waals surface area contributed by atoms with Crippen LogP contribution in [0.4, 0.5) is 14.5 Å². The standard InChI is InChI=1S/C28H29F2N3O2/c1-35-23-11-8-20-14-24(28(34)31-16-21-4-2-3-5-25(21)30)27-18-32(12-13-33(27)26(20)15-23)17-19-6-9-22(29)10-7-19/h2-11,15,24,27H,12-14,16-18H2,1H3,(H,31,34)/t24-,27+/m0/s1. The molecule has 35 heavy (non-hydrogen) atoms. The highest BCUT2D eigenvalue weighted by Gasteiger charge is 2.41. The largest absolute Gasteiger partial charge is 0.497 e. The van der Waals surface area contributed by atoms with Crippen molar-refractivity contribution in [3.63, 3.8) is 0 Å². The highest BCUT2D eigenvalue weighted by atomic mass is 19.1. The monoisotopic (exact) mass is 477 g/mol. The van der Waals surface area contributed by atoms with E-state index in [-0.39, 0.29) is 36.0 Å². The quantitative estimate of drug-likeness (QED) is 0.579. The van der Waals surface area contributed by atoms with Crippen LogP contribution in [0, 0.1) is 17.6 Å². The van der Waals surface area contributed by atoms with Gasteiger partial charge in [-0.3, -0.25) is 9.69 Å². The SMILES string of the molecule is COc1ccc2c(c1)N1CCN(Cc3ccc(F)cc3)C[C@@H]1[C@@H](C(=O)NCc1ccccc1F)C2. The first-order valence-corrected chi connectivity index (χ1v) is 11.9. The molecule has 182 valence electrons. The lowest BCUT2D eigenvalue weighted by Gasteiger charge is -2.49. The molecule has 5 rings (SSSR count). The lowest BCUT2D eigenvalue weighted by Crippen LogP contribution is -2.60. The van der Waals surface area contributed by atoms with Crippen LogP contribution in [-0.2, 0) is 24.3 Å². The number of methoxy groups -OCH3 is 1. The number of nitrogens with zero attached hydrogens (tertiary/aromatic N) is 2. The molecule has 5 nitrogen and oxygen atoms in total. The lowest BCUT2D eigenvalue weighted by molar-refractivity contribution is -0.126. The number of ether oxygens (including phenoxy) is 1. The second-order valence-corrected chi connectivity index (χ2v) is 9.24. The fraction of sp³-hybridized carbons (Fsp3) is 0.321. The van der Waals surface area contributed by atoms with Crippen LogP contribution in [0.25, 0.3) is 0 Å². The van der Waals surface area contributed by atoms with Crippen molar-refractivity contribution in [3.05, 3.63) is 95.1 Å². The first-order valence-electron chi connectivity index (χ1n) is 11.9. The van der Waals surface area contributed by atoms with Gasteiger partial charge >= 0.3 is 0 Å². The smallest absolute Gasteiger partial charge is 0.225 e. The Morgan fingerprint density at radius 2 is 1.86 bits per heavy atom. The Morgan fingerprint density at radius 1 is 1.06 bits per heavy atom. The summed E-state index contributed by atoms with van der Waals surface area (Å²) in [5.41, 5.74) is 3.73. The van der Waals surface area contributed by atoms with Gasteiger partial charge in [0.25, 0.3) is 0 Å². The van der Waals surface area contributed by atoms with E-state index in [1.165, 1.54) is 18.2 Å². The summed E-state index contributed by atoms with van der Waals surface area (Å²) in [4.78, 5) is 18.1. The molecule has 0 radical (unpaired) electrons. The van der Waals surface area contributed by atoms with E-state index < -0.39 is 0 Å². The van der Waals surface area contributed by atoms with Crippen molar-refractivity contribution >= 4 is 11.6 Å². The number of halogens is 2. The van der Waals surface area contributed by atoms with Gasteiger partial charge in [0.15, 0.2) is 0 Å². The molecule has 2 atom stereocenters. The highest BCUT2D eigenvalue weighted by molar-refractivity contribution is 5.82. The number of rotatable bonds is 6. The number of piperazine rings is 1. The van der Waals surface area contributed by atoms with E-state index >= 15 is 0 Å². The van der Waals surface area contributed by atoms with Crippen LogP contribution < -0.4 is 15.0 Å². The third kappa shape index (κ3) is 5.00. The summed E-state index contributed by atoms with van der Waals surface area (Å²) in [5, 5.41) is 2.98. The Bertz CT molecular complexity index is 1200. The molecule has 0 unspecified atom stereocenters. The number of benzene rings is 3. The van der Waals surface area contributed by atoms with Crippen molar-refractivity contribution in [2.75, 3.05) is 31.6 Å². The molecular formula is C28H29F2N3O2. The number of carbonyl (C=O) groups excluding carboxylic acids is 1. The zero-order valence-electron chi connectivity index (χ0n) is 19.7. The molecule has 1 saturated heterocycles. The molecule has 3 aromatic rings. The van der Waals surface area contributed by atoms with Crippen LogP contribution in [0.5, 0.6) is 5.75 Å². The summed E-state index contributed by atoms with van der Waals surface area (Å²) >= 11 is 0. The predicted octanol–water partition coefficient (Wildman–Crippen LogP) is 4.15. The maximum absolute atomic E-state index is 14.1. The van der Waals surface area contributed by atoms with Crippen molar-refractivity contribution in [2.24, 2.45) is 5.92 Å². The zero-order chi connectivity index (χ0) is 24.4. The molecule has 0 spiro atoms. The Morgan fingerprint density at radius 3 is 2.63 bits per heavy atom. The molecule has 2 aliphatic heterocycles. The molecule has 0 aliphatic carbocycles. The molecule has 3 aromatic carbocycles. The van der Waals surface area contributed by atoms with E-state index in [0.717, 1.165) is 35.7 Å². The van der Waals surface area contributed by atoms with Gasteiger partial charge in [0.1, 0.15) is 17.4 Å². The second kappa shape index (κ2) is 10.0.